The lowest BCUT2D eigenvalue weighted by Gasteiger charge is -2.06. The molecule has 1 amide bonds. The van der Waals surface area contributed by atoms with Crippen molar-refractivity contribution in [2.24, 2.45) is 0 Å². The van der Waals surface area contributed by atoms with Gasteiger partial charge >= 0.3 is 5.97 Å². The third-order valence-electron chi connectivity index (χ3n) is 3.36. The van der Waals surface area contributed by atoms with Gasteiger partial charge in [-0.15, -0.1) is 11.3 Å². The summed E-state index contributed by atoms with van der Waals surface area (Å²) in [7, 11) is 0. The van der Waals surface area contributed by atoms with Crippen LogP contribution >= 0.6 is 11.3 Å². The minimum Gasteiger partial charge on any atom is -0.451 e. The fourth-order valence-electron chi connectivity index (χ4n) is 2.14. The maximum atomic E-state index is 12.8. The molecular weight excluding hydrogens is 329 g/mol. The summed E-state index contributed by atoms with van der Waals surface area (Å²) < 4.78 is 18.8. The van der Waals surface area contributed by atoms with E-state index in [2.05, 4.69) is 5.32 Å². The van der Waals surface area contributed by atoms with Gasteiger partial charge in [0, 0.05) is 11.2 Å². The van der Waals surface area contributed by atoms with Crippen molar-refractivity contribution in [3.63, 3.8) is 0 Å². The van der Waals surface area contributed by atoms with Gasteiger partial charge in [-0.25, -0.2) is 9.18 Å². The highest BCUT2D eigenvalue weighted by atomic mass is 32.1. The number of esters is 1. The van der Waals surface area contributed by atoms with Crippen LogP contribution in [-0.4, -0.2) is 18.5 Å². The number of amides is 1. The van der Waals surface area contributed by atoms with Crippen LogP contribution in [0.1, 0.15) is 15.2 Å². The number of hydrogen-bond acceptors (Lipinski definition) is 4. The zero-order valence-corrected chi connectivity index (χ0v) is 13.4. The largest absolute Gasteiger partial charge is 0.451 e. The third-order valence-corrected chi connectivity index (χ3v) is 4.46. The van der Waals surface area contributed by atoms with Gasteiger partial charge in [-0.1, -0.05) is 30.3 Å². The van der Waals surface area contributed by atoms with E-state index in [1.807, 2.05) is 24.3 Å². The Morgan fingerprint density at radius 1 is 1.08 bits per heavy atom. The van der Waals surface area contributed by atoms with Crippen molar-refractivity contribution < 1.29 is 18.7 Å². The number of hydrogen-bond donors (Lipinski definition) is 1. The number of thiophene rings is 1. The number of halogens is 1. The molecule has 0 saturated heterocycles. The molecule has 0 aliphatic heterocycles. The van der Waals surface area contributed by atoms with Crippen molar-refractivity contribution in [1.29, 1.82) is 0 Å². The summed E-state index contributed by atoms with van der Waals surface area (Å²) in [4.78, 5) is 24.2. The number of benzene rings is 2. The Morgan fingerprint density at radius 3 is 2.58 bits per heavy atom. The van der Waals surface area contributed by atoms with Crippen molar-refractivity contribution in [1.82, 2.24) is 5.32 Å². The molecule has 0 aliphatic carbocycles. The molecule has 0 aliphatic rings. The predicted octanol–water partition coefficient (Wildman–Crippen LogP) is 3.51. The summed E-state index contributed by atoms with van der Waals surface area (Å²) >= 11 is 1.33. The van der Waals surface area contributed by atoms with E-state index in [4.69, 9.17) is 4.74 Å². The molecule has 0 atom stereocenters. The summed E-state index contributed by atoms with van der Waals surface area (Å²) in [5.74, 6) is -1.26. The van der Waals surface area contributed by atoms with Crippen molar-refractivity contribution in [3.05, 3.63) is 70.9 Å². The van der Waals surface area contributed by atoms with Crippen LogP contribution in [0.15, 0.2) is 54.6 Å². The molecule has 0 spiro atoms. The molecule has 0 bridgehead atoms. The van der Waals surface area contributed by atoms with Crippen molar-refractivity contribution >= 4 is 33.3 Å². The van der Waals surface area contributed by atoms with Gasteiger partial charge in [0.25, 0.3) is 5.91 Å². The zero-order chi connectivity index (χ0) is 16.9. The maximum absolute atomic E-state index is 12.8. The Balaban J connectivity index is 1.50. The average molecular weight is 343 g/mol. The summed E-state index contributed by atoms with van der Waals surface area (Å²) in [5, 5.41) is 3.58. The molecule has 122 valence electrons. The highest BCUT2D eigenvalue weighted by Crippen LogP contribution is 2.25. The van der Waals surface area contributed by atoms with E-state index in [-0.39, 0.29) is 19.0 Å². The standard InChI is InChI=1S/C18H14FNO3S/c19-14-7-5-12(6-8-14)10-20-17(21)11-23-18(22)16-9-13-3-1-2-4-15(13)24-16/h1-9H,10-11H2,(H,20,21). The van der Waals surface area contributed by atoms with Crippen LogP contribution in [-0.2, 0) is 16.1 Å². The van der Waals surface area contributed by atoms with Crippen LogP contribution in [0.5, 0.6) is 0 Å². The summed E-state index contributed by atoms with van der Waals surface area (Å²) in [5.41, 5.74) is 0.764. The number of ether oxygens (including phenoxy) is 1. The molecule has 0 unspecified atom stereocenters. The van der Waals surface area contributed by atoms with E-state index in [0.29, 0.717) is 4.88 Å². The normalized spacial score (nSPS) is 10.5. The quantitative estimate of drug-likeness (QED) is 0.721. The molecule has 1 heterocycles. The van der Waals surface area contributed by atoms with Gasteiger partial charge in [0.15, 0.2) is 6.61 Å². The second-order valence-corrected chi connectivity index (χ2v) is 6.21. The van der Waals surface area contributed by atoms with Crippen LogP contribution in [0.25, 0.3) is 10.1 Å². The second-order valence-electron chi connectivity index (χ2n) is 5.13. The van der Waals surface area contributed by atoms with Crippen LogP contribution in [0.3, 0.4) is 0 Å². The van der Waals surface area contributed by atoms with Gasteiger partial charge in [0.2, 0.25) is 0 Å². The highest BCUT2D eigenvalue weighted by molar-refractivity contribution is 7.20. The molecule has 3 aromatic rings. The van der Waals surface area contributed by atoms with Crippen molar-refractivity contribution in [2.75, 3.05) is 6.61 Å². The number of fused-ring (bicyclic) bond motifs is 1. The van der Waals surface area contributed by atoms with Gasteiger partial charge in [-0.2, -0.15) is 0 Å². The van der Waals surface area contributed by atoms with E-state index in [0.717, 1.165) is 15.6 Å². The van der Waals surface area contributed by atoms with E-state index < -0.39 is 11.9 Å². The zero-order valence-electron chi connectivity index (χ0n) is 12.6. The minimum absolute atomic E-state index is 0.250. The lowest BCUT2D eigenvalue weighted by atomic mass is 10.2. The van der Waals surface area contributed by atoms with E-state index in [1.54, 1.807) is 18.2 Å². The maximum Gasteiger partial charge on any atom is 0.348 e. The first-order valence-corrected chi connectivity index (χ1v) is 8.10. The molecule has 24 heavy (non-hydrogen) atoms. The molecule has 0 saturated carbocycles. The van der Waals surface area contributed by atoms with Crippen molar-refractivity contribution in [2.45, 2.75) is 6.54 Å². The molecule has 4 nitrogen and oxygen atoms in total. The van der Waals surface area contributed by atoms with Crippen LogP contribution < -0.4 is 5.32 Å². The lowest BCUT2D eigenvalue weighted by Crippen LogP contribution is -2.28. The Bertz CT molecular complexity index is 840. The number of carbonyl (C=O) groups is 2. The average Bonchev–Trinajstić information content (AvgIpc) is 3.03. The van der Waals surface area contributed by atoms with Crippen molar-refractivity contribution in [3.8, 4) is 0 Å². The smallest absolute Gasteiger partial charge is 0.348 e. The molecule has 0 radical (unpaired) electrons. The Morgan fingerprint density at radius 2 is 1.83 bits per heavy atom. The first kappa shape index (κ1) is 16.1. The molecule has 2 aromatic carbocycles. The summed E-state index contributed by atoms with van der Waals surface area (Å²) in [6.07, 6.45) is 0. The second kappa shape index (κ2) is 7.23. The fraction of sp³-hybridized carbons (Fsp3) is 0.111. The molecule has 3 rings (SSSR count). The van der Waals surface area contributed by atoms with Gasteiger partial charge < -0.3 is 10.1 Å². The van der Waals surface area contributed by atoms with Crippen LogP contribution in [0.2, 0.25) is 0 Å². The Hall–Kier alpha value is -2.73. The third kappa shape index (κ3) is 3.97. The van der Waals surface area contributed by atoms with Crippen LogP contribution in [0, 0.1) is 5.82 Å². The SMILES string of the molecule is O=C(COC(=O)c1cc2ccccc2s1)NCc1ccc(F)cc1. The molecule has 1 N–H and O–H groups in total. The number of nitrogens with one attached hydrogen (secondary N) is 1. The van der Waals surface area contributed by atoms with Crippen LogP contribution in [0.4, 0.5) is 4.39 Å². The van der Waals surface area contributed by atoms with E-state index in [9.17, 15) is 14.0 Å². The fourth-order valence-corrected chi connectivity index (χ4v) is 3.10. The monoisotopic (exact) mass is 343 g/mol. The first-order valence-electron chi connectivity index (χ1n) is 7.29. The van der Waals surface area contributed by atoms with Gasteiger partial charge in [0.05, 0.1) is 0 Å². The van der Waals surface area contributed by atoms with E-state index >= 15 is 0 Å². The molecule has 6 heteroatoms. The predicted molar refractivity (Wildman–Crippen MR) is 90.4 cm³/mol. The Kier molecular flexibility index (Phi) is 4.86. The molecule has 1 aromatic heterocycles. The minimum atomic E-state index is -0.520. The lowest BCUT2D eigenvalue weighted by molar-refractivity contribution is -0.124. The van der Waals surface area contributed by atoms with Gasteiger partial charge in [0.1, 0.15) is 10.7 Å². The van der Waals surface area contributed by atoms with E-state index in [1.165, 1.54) is 23.5 Å². The summed E-state index contributed by atoms with van der Waals surface area (Å²) in [6, 6.07) is 15.2. The summed E-state index contributed by atoms with van der Waals surface area (Å²) in [6.45, 7) is -0.103. The topological polar surface area (TPSA) is 55.4 Å². The van der Waals surface area contributed by atoms with Gasteiger partial charge in [-0.05, 0) is 35.2 Å². The number of carbonyl (C=O) groups excluding carboxylic acids is 2. The molecule has 0 fully saturated rings. The highest BCUT2D eigenvalue weighted by Gasteiger charge is 2.13. The number of rotatable bonds is 5. The Labute approximate surface area is 141 Å². The first-order chi connectivity index (χ1) is 11.6. The van der Waals surface area contributed by atoms with Gasteiger partial charge in [-0.3, -0.25) is 4.79 Å². The molecular formula is C18H14FNO3S.